The maximum absolute atomic E-state index is 13.0. The molecule has 2 aliphatic heterocycles. The highest BCUT2D eigenvalue weighted by molar-refractivity contribution is 5.85. The molecule has 2 heterocycles. The quantitative estimate of drug-likeness (QED) is 0.859. The lowest BCUT2D eigenvalue weighted by atomic mass is 9.88. The van der Waals surface area contributed by atoms with Crippen LogP contribution < -0.4 is 0 Å². The zero-order chi connectivity index (χ0) is 15.8. The van der Waals surface area contributed by atoms with Crippen molar-refractivity contribution in [2.75, 3.05) is 26.2 Å². The third-order valence-electron chi connectivity index (χ3n) is 5.52. The van der Waals surface area contributed by atoms with Gasteiger partial charge in [-0.15, -0.1) is 0 Å². The van der Waals surface area contributed by atoms with Gasteiger partial charge in [0.15, 0.2) is 0 Å². The van der Waals surface area contributed by atoms with Gasteiger partial charge in [0.1, 0.15) is 0 Å². The lowest BCUT2D eigenvalue weighted by Crippen LogP contribution is -2.37. The van der Waals surface area contributed by atoms with E-state index in [1.807, 2.05) is 28.0 Å². The van der Waals surface area contributed by atoms with Gasteiger partial charge in [0.05, 0.1) is 5.92 Å². The minimum Gasteiger partial charge on any atom is -0.342 e. The smallest absolute Gasteiger partial charge is 0.228 e. The summed E-state index contributed by atoms with van der Waals surface area (Å²) < 4.78 is 0. The van der Waals surface area contributed by atoms with Crippen LogP contribution in [0.2, 0.25) is 0 Å². The summed E-state index contributed by atoms with van der Waals surface area (Å²) in [5.74, 6) is 0.822. The van der Waals surface area contributed by atoms with Crippen LogP contribution in [-0.4, -0.2) is 47.8 Å². The van der Waals surface area contributed by atoms with Crippen molar-refractivity contribution < 1.29 is 9.59 Å². The predicted molar refractivity (Wildman–Crippen MR) is 87.8 cm³/mol. The Bertz CT molecular complexity index is 591. The van der Waals surface area contributed by atoms with Crippen LogP contribution in [0.1, 0.15) is 37.2 Å². The third kappa shape index (κ3) is 2.87. The largest absolute Gasteiger partial charge is 0.342 e. The molecule has 2 saturated heterocycles. The van der Waals surface area contributed by atoms with Crippen molar-refractivity contribution in [2.45, 2.75) is 31.6 Å². The zero-order valence-electron chi connectivity index (χ0n) is 13.5. The normalized spacial score (nSPS) is 27.5. The predicted octanol–water partition coefficient (Wildman–Crippen LogP) is 2.26. The lowest BCUT2D eigenvalue weighted by molar-refractivity contribution is -0.135. The van der Waals surface area contributed by atoms with Crippen molar-refractivity contribution in [2.24, 2.45) is 11.8 Å². The van der Waals surface area contributed by atoms with E-state index < -0.39 is 0 Å². The second-order valence-electron chi connectivity index (χ2n) is 7.17. The molecule has 1 aromatic carbocycles. The average Bonchev–Trinajstić information content (AvgIpc) is 3.12. The van der Waals surface area contributed by atoms with E-state index in [2.05, 4.69) is 12.1 Å². The number of hydrogen-bond acceptors (Lipinski definition) is 2. The van der Waals surface area contributed by atoms with Gasteiger partial charge in [0.2, 0.25) is 11.8 Å². The van der Waals surface area contributed by atoms with Crippen molar-refractivity contribution in [3.8, 4) is 0 Å². The Morgan fingerprint density at radius 1 is 0.870 bits per heavy atom. The highest BCUT2D eigenvalue weighted by atomic mass is 16.2. The van der Waals surface area contributed by atoms with Crippen molar-refractivity contribution >= 4 is 11.8 Å². The number of carbonyl (C=O) groups excluding carboxylic acids is 2. The Balaban J connectivity index is 1.57. The molecule has 2 amide bonds. The summed E-state index contributed by atoms with van der Waals surface area (Å²) in [6, 6.07) is 10.2. The molecule has 1 saturated carbocycles. The van der Waals surface area contributed by atoms with Crippen molar-refractivity contribution in [3.63, 3.8) is 0 Å². The molecule has 4 heteroatoms. The minimum absolute atomic E-state index is 0.0711. The Labute approximate surface area is 137 Å². The Kier molecular flexibility index (Phi) is 3.83. The van der Waals surface area contributed by atoms with Crippen LogP contribution in [0, 0.1) is 11.8 Å². The maximum Gasteiger partial charge on any atom is 0.228 e. The molecule has 122 valence electrons. The first-order valence-corrected chi connectivity index (χ1v) is 8.86. The summed E-state index contributed by atoms with van der Waals surface area (Å²) >= 11 is 0. The number of nitrogens with zero attached hydrogens (tertiary/aromatic N) is 2. The van der Waals surface area contributed by atoms with Gasteiger partial charge in [-0.2, -0.15) is 0 Å². The monoisotopic (exact) mass is 312 g/mol. The topological polar surface area (TPSA) is 40.6 Å². The minimum atomic E-state index is -0.0711. The molecular weight excluding hydrogens is 288 g/mol. The van der Waals surface area contributed by atoms with E-state index in [-0.39, 0.29) is 29.6 Å². The standard InChI is InChI=1S/C19H24N2O2/c22-18(15-8-9-15)21-12-16(14-6-2-1-3-7-14)17(13-21)19(23)20-10-4-5-11-20/h1-3,6-7,15-17H,4-5,8-13H2. The summed E-state index contributed by atoms with van der Waals surface area (Å²) in [4.78, 5) is 29.4. The molecule has 4 nitrogen and oxygen atoms in total. The molecule has 2 unspecified atom stereocenters. The van der Waals surface area contributed by atoms with Crippen LogP contribution in [0.25, 0.3) is 0 Å². The first-order chi connectivity index (χ1) is 11.2. The lowest BCUT2D eigenvalue weighted by Gasteiger charge is -2.23. The highest BCUT2D eigenvalue weighted by Gasteiger charge is 2.45. The van der Waals surface area contributed by atoms with Crippen LogP contribution in [0.5, 0.6) is 0 Å². The second-order valence-corrected chi connectivity index (χ2v) is 7.17. The summed E-state index contributed by atoms with van der Waals surface area (Å²) in [6.07, 6.45) is 4.27. The highest BCUT2D eigenvalue weighted by Crippen LogP contribution is 2.38. The van der Waals surface area contributed by atoms with Gasteiger partial charge in [-0.25, -0.2) is 0 Å². The van der Waals surface area contributed by atoms with Gasteiger partial charge < -0.3 is 9.80 Å². The molecule has 1 aromatic rings. The molecule has 1 aliphatic carbocycles. The molecular formula is C19H24N2O2. The van der Waals surface area contributed by atoms with Gasteiger partial charge >= 0.3 is 0 Å². The number of amides is 2. The second kappa shape index (κ2) is 5.99. The Hall–Kier alpha value is -1.84. The first-order valence-electron chi connectivity index (χ1n) is 8.86. The van der Waals surface area contributed by atoms with Crippen LogP contribution in [0.15, 0.2) is 30.3 Å². The SMILES string of the molecule is O=C(C1CC1)N1CC(C(=O)N2CCCC2)C(c2ccccc2)C1. The van der Waals surface area contributed by atoms with Crippen LogP contribution in [0.3, 0.4) is 0 Å². The molecule has 0 spiro atoms. The van der Waals surface area contributed by atoms with E-state index in [9.17, 15) is 9.59 Å². The van der Waals surface area contributed by atoms with E-state index in [0.29, 0.717) is 13.1 Å². The van der Waals surface area contributed by atoms with Crippen molar-refractivity contribution in [3.05, 3.63) is 35.9 Å². The van der Waals surface area contributed by atoms with E-state index >= 15 is 0 Å². The van der Waals surface area contributed by atoms with Crippen LogP contribution in [0.4, 0.5) is 0 Å². The number of rotatable bonds is 3. The van der Waals surface area contributed by atoms with E-state index in [1.54, 1.807) is 0 Å². The number of carbonyl (C=O) groups is 2. The fourth-order valence-electron chi connectivity index (χ4n) is 4.03. The van der Waals surface area contributed by atoms with Gasteiger partial charge in [0, 0.05) is 38.0 Å². The molecule has 0 radical (unpaired) electrons. The number of likely N-dealkylation sites (tertiary alicyclic amines) is 2. The fraction of sp³-hybridized carbons (Fsp3) is 0.579. The Morgan fingerprint density at radius 2 is 1.57 bits per heavy atom. The molecule has 23 heavy (non-hydrogen) atoms. The van der Waals surface area contributed by atoms with E-state index in [1.165, 1.54) is 5.56 Å². The van der Waals surface area contributed by atoms with E-state index in [0.717, 1.165) is 38.8 Å². The maximum atomic E-state index is 13.0. The molecule has 0 bridgehead atoms. The van der Waals surface area contributed by atoms with Crippen molar-refractivity contribution in [1.29, 1.82) is 0 Å². The number of hydrogen-bond donors (Lipinski definition) is 0. The average molecular weight is 312 g/mol. The third-order valence-corrected chi connectivity index (χ3v) is 5.52. The van der Waals surface area contributed by atoms with Gasteiger partial charge in [-0.05, 0) is 31.2 Å². The number of benzene rings is 1. The van der Waals surface area contributed by atoms with Gasteiger partial charge in [-0.1, -0.05) is 30.3 Å². The van der Waals surface area contributed by atoms with Crippen LogP contribution in [-0.2, 0) is 9.59 Å². The fourth-order valence-corrected chi connectivity index (χ4v) is 4.03. The summed E-state index contributed by atoms with van der Waals surface area (Å²) in [5, 5.41) is 0. The summed E-state index contributed by atoms with van der Waals surface area (Å²) in [7, 11) is 0. The molecule has 4 rings (SSSR count). The molecule has 0 aromatic heterocycles. The first kappa shape index (κ1) is 14.7. The van der Waals surface area contributed by atoms with Gasteiger partial charge in [0.25, 0.3) is 0 Å². The zero-order valence-corrected chi connectivity index (χ0v) is 13.5. The van der Waals surface area contributed by atoms with Gasteiger partial charge in [-0.3, -0.25) is 9.59 Å². The van der Waals surface area contributed by atoms with Crippen LogP contribution >= 0.6 is 0 Å². The summed E-state index contributed by atoms with van der Waals surface area (Å²) in [5.41, 5.74) is 1.19. The van der Waals surface area contributed by atoms with Crippen molar-refractivity contribution in [1.82, 2.24) is 9.80 Å². The Morgan fingerprint density at radius 3 is 2.22 bits per heavy atom. The molecule has 0 N–H and O–H groups in total. The molecule has 2 atom stereocenters. The molecule has 3 fully saturated rings. The summed E-state index contributed by atoms with van der Waals surface area (Å²) in [6.45, 7) is 3.06. The molecule has 3 aliphatic rings. The van der Waals surface area contributed by atoms with E-state index in [4.69, 9.17) is 0 Å².